The second-order valence-corrected chi connectivity index (χ2v) is 6.20. The van der Waals surface area contributed by atoms with E-state index in [0.29, 0.717) is 6.54 Å². The molecule has 2 heteroatoms. The van der Waals surface area contributed by atoms with E-state index in [-0.39, 0.29) is 11.6 Å². The molecule has 0 spiro atoms. The summed E-state index contributed by atoms with van der Waals surface area (Å²) in [6.07, 6.45) is 20.1. The van der Waals surface area contributed by atoms with Crippen LogP contribution in [0, 0.1) is 12.3 Å². The topological polar surface area (TPSA) is 38.0 Å². The molecule has 1 aliphatic rings. The summed E-state index contributed by atoms with van der Waals surface area (Å²) in [5.74, 6) is 2.79. The van der Waals surface area contributed by atoms with Gasteiger partial charge in [-0.1, -0.05) is 63.7 Å². The van der Waals surface area contributed by atoms with Gasteiger partial charge in [0.2, 0.25) is 0 Å². The Balaban J connectivity index is 2.58. The average molecular weight is 264 g/mol. The van der Waals surface area contributed by atoms with E-state index in [9.17, 15) is 0 Å². The molecule has 1 rings (SSSR count). The molecule has 0 aliphatic heterocycles. The minimum absolute atomic E-state index is 0.0744. The van der Waals surface area contributed by atoms with Gasteiger partial charge in [-0.05, 0) is 19.8 Å². The van der Waals surface area contributed by atoms with E-state index >= 15 is 0 Å². The van der Waals surface area contributed by atoms with Crippen molar-refractivity contribution in [1.82, 2.24) is 5.32 Å². The minimum Gasteiger partial charge on any atom is -0.329 e. The predicted octanol–water partition coefficient (Wildman–Crippen LogP) is 3.60. The standard InChI is InChI=1S/C17H32N2/c1-3-16(2)19-17(15-18)13-11-9-7-5-4-6-8-10-12-14-17/h1,16,19H,4-15,18H2,2H3. The number of nitrogens with one attached hydrogen (secondary N) is 1. The van der Waals surface area contributed by atoms with E-state index in [4.69, 9.17) is 12.2 Å². The highest BCUT2D eigenvalue weighted by Gasteiger charge is 2.28. The normalized spacial score (nSPS) is 23.6. The molecule has 2 nitrogen and oxygen atoms in total. The maximum absolute atomic E-state index is 6.09. The van der Waals surface area contributed by atoms with Gasteiger partial charge in [-0.3, -0.25) is 5.32 Å². The van der Waals surface area contributed by atoms with Gasteiger partial charge >= 0.3 is 0 Å². The fourth-order valence-corrected chi connectivity index (χ4v) is 3.20. The molecular weight excluding hydrogens is 232 g/mol. The van der Waals surface area contributed by atoms with Crippen LogP contribution in [0.1, 0.15) is 77.6 Å². The molecule has 1 unspecified atom stereocenters. The van der Waals surface area contributed by atoms with Gasteiger partial charge in [0.05, 0.1) is 6.04 Å². The van der Waals surface area contributed by atoms with Crippen LogP contribution in [0.15, 0.2) is 0 Å². The van der Waals surface area contributed by atoms with Crippen LogP contribution in [0.2, 0.25) is 0 Å². The molecule has 110 valence electrons. The molecule has 0 aromatic rings. The van der Waals surface area contributed by atoms with Crippen molar-refractivity contribution in [2.24, 2.45) is 5.73 Å². The van der Waals surface area contributed by atoms with E-state index in [1.54, 1.807) is 0 Å². The summed E-state index contributed by atoms with van der Waals surface area (Å²) in [5.41, 5.74) is 6.17. The van der Waals surface area contributed by atoms with Gasteiger partial charge in [0.25, 0.3) is 0 Å². The van der Waals surface area contributed by atoms with Gasteiger partial charge in [-0.25, -0.2) is 0 Å². The zero-order valence-corrected chi connectivity index (χ0v) is 12.7. The van der Waals surface area contributed by atoms with Crippen molar-refractivity contribution in [1.29, 1.82) is 0 Å². The van der Waals surface area contributed by atoms with Gasteiger partial charge in [-0.2, -0.15) is 0 Å². The SMILES string of the molecule is C#CC(C)NC1(CN)CCCCCCCCCCC1. The molecule has 1 fully saturated rings. The van der Waals surface area contributed by atoms with Crippen LogP contribution in [0.4, 0.5) is 0 Å². The summed E-state index contributed by atoms with van der Waals surface area (Å²) in [6.45, 7) is 2.77. The third-order valence-electron chi connectivity index (χ3n) is 4.47. The molecule has 0 heterocycles. The van der Waals surface area contributed by atoms with Crippen molar-refractivity contribution in [3.05, 3.63) is 0 Å². The first-order chi connectivity index (χ1) is 9.22. The molecule has 3 N–H and O–H groups in total. The summed E-state index contributed by atoms with van der Waals surface area (Å²) in [5, 5.41) is 3.62. The number of hydrogen-bond acceptors (Lipinski definition) is 2. The van der Waals surface area contributed by atoms with E-state index < -0.39 is 0 Å². The zero-order valence-electron chi connectivity index (χ0n) is 12.7. The molecule has 0 aromatic carbocycles. The van der Waals surface area contributed by atoms with Gasteiger partial charge < -0.3 is 5.73 Å². The first kappa shape index (κ1) is 16.5. The number of hydrogen-bond donors (Lipinski definition) is 2. The van der Waals surface area contributed by atoms with Crippen molar-refractivity contribution in [2.75, 3.05) is 6.54 Å². The van der Waals surface area contributed by atoms with Gasteiger partial charge in [0, 0.05) is 12.1 Å². The van der Waals surface area contributed by atoms with Gasteiger partial charge in [0.15, 0.2) is 0 Å². The Morgan fingerprint density at radius 1 is 1.00 bits per heavy atom. The highest BCUT2D eigenvalue weighted by atomic mass is 15.0. The molecule has 19 heavy (non-hydrogen) atoms. The largest absolute Gasteiger partial charge is 0.329 e. The lowest BCUT2D eigenvalue weighted by Gasteiger charge is -2.36. The van der Waals surface area contributed by atoms with Crippen LogP contribution in [-0.2, 0) is 0 Å². The molecule has 1 saturated carbocycles. The van der Waals surface area contributed by atoms with Crippen LogP contribution in [-0.4, -0.2) is 18.1 Å². The summed E-state index contributed by atoms with van der Waals surface area (Å²) in [4.78, 5) is 0. The minimum atomic E-state index is 0.0744. The smallest absolute Gasteiger partial charge is 0.0663 e. The Hall–Kier alpha value is -0.520. The van der Waals surface area contributed by atoms with Crippen LogP contribution < -0.4 is 11.1 Å². The molecule has 0 saturated heterocycles. The lowest BCUT2D eigenvalue weighted by Crippen LogP contribution is -2.54. The molecule has 0 aromatic heterocycles. The van der Waals surface area contributed by atoms with Crippen LogP contribution in [0.25, 0.3) is 0 Å². The Labute approximate surface area is 119 Å². The molecule has 0 radical (unpaired) electrons. The van der Waals surface area contributed by atoms with Crippen LogP contribution in [0.3, 0.4) is 0 Å². The van der Waals surface area contributed by atoms with E-state index in [0.717, 1.165) is 0 Å². The number of nitrogens with two attached hydrogens (primary N) is 1. The highest BCUT2D eigenvalue weighted by Crippen LogP contribution is 2.24. The van der Waals surface area contributed by atoms with E-state index in [2.05, 4.69) is 18.2 Å². The fraction of sp³-hybridized carbons (Fsp3) is 0.882. The molecular formula is C17H32N2. The van der Waals surface area contributed by atoms with E-state index in [1.807, 2.05) is 0 Å². The second kappa shape index (κ2) is 9.39. The zero-order chi connectivity index (χ0) is 14.0. The summed E-state index contributed by atoms with van der Waals surface area (Å²) in [6, 6.07) is 0.122. The molecule has 0 amide bonds. The monoisotopic (exact) mass is 264 g/mol. The Bertz CT molecular complexity index is 255. The Morgan fingerprint density at radius 3 is 1.79 bits per heavy atom. The lowest BCUT2D eigenvalue weighted by atomic mass is 9.85. The lowest BCUT2D eigenvalue weighted by molar-refractivity contribution is 0.258. The van der Waals surface area contributed by atoms with Gasteiger partial charge in [-0.15, -0.1) is 6.42 Å². The maximum Gasteiger partial charge on any atom is 0.0663 e. The fourth-order valence-electron chi connectivity index (χ4n) is 3.20. The van der Waals surface area contributed by atoms with Crippen LogP contribution >= 0.6 is 0 Å². The first-order valence-electron chi connectivity index (χ1n) is 8.16. The van der Waals surface area contributed by atoms with Crippen molar-refractivity contribution < 1.29 is 0 Å². The maximum atomic E-state index is 6.09. The van der Waals surface area contributed by atoms with E-state index in [1.165, 1.54) is 70.6 Å². The van der Waals surface area contributed by atoms with Gasteiger partial charge in [0.1, 0.15) is 0 Å². The number of terminal acetylenes is 1. The predicted molar refractivity (Wildman–Crippen MR) is 84.0 cm³/mol. The molecule has 0 bridgehead atoms. The van der Waals surface area contributed by atoms with Crippen molar-refractivity contribution >= 4 is 0 Å². The first-order valence-corrected chi connectivity index (χ1v) is 8.16. The Morgan fingerprint density at radius 2 is 1.42 bits per heavy atom. The summed E-state index contributed by atoms with van der Waals surface area (Å²) in [7, 11) is 0. The van der Waals surface area contributed by atoms with Crippen molar-refractivity contribution in [3.8, 4) is 12.3 Å². The quantitative estimate of drug-likeness (QED) is 0.764. The highest BCUT2D eigenvalue weighted by molar-refractivity contribution is 5.02. The summed E-state index contributed by atoms with van der Waals surface area (Å²) >= 11 is 0. The Kier molecular flexibility index (Phi) is 8.18. The number of rotatable bonds is 3. The van der Waals surface area contributed by atoms with Crippen molar-refractivity contribution in [2.45, 2.75) is 89.1 Å². The van der Waals surface area contributed by atoms with Crippen molar-refractivity contribution in [3.63, 3.8) is 0 Å². The molecule has 1 atom stereocenters. The third kappa shape index (κ3) is 6.45. The second-order valence-electron chi connectivity index (χ2n) is 6.20. The van der Waals surface area contributed by atoms with Crippen LogP contribution in [0.5, 0.6) is 0 Å². The summed E-state index contributed by atoms with van der Waals surface area (Å²) < 4.78 is 0. The average Bonchev–Trinajstić information content (AvgIpc) is 2.42. The molecule has 1 aliphatic carbocycles. The third-order valence-corrected chi connectivity index (χ3v) is 4.47.